The largest absolute Gasteiger partial charge is 0.377 e. The van der Waals surface area contributed by atoms with Crippen LogP contribution in [0.1, 0.15) is 39.0 Å². The lowest BCUT2D eigenvalue weighted by Gasteiger charge is -2.33. The molecule has 2 fully saturated rings. The van der Waals surface area contributed by atoms with Crippen LogP contribution in [0, 0.1) is 0 Å². The molecular weight excluding hydrogens is 224 g/mol. The summed E-state index contributed by atoms with van der Waals surface area (Å²) in [4.78, 5) is 2.50. The molecule has 0 aromatic rings. The molecule has 2 aliphatic rings. The zero-order valence-electron chi connectivity index (χ0n) is 11.8. The van der Waals surface area contributed by atoms with E-state index in [0.717, 1.165) is 38.7 Å². The van der Waals surface area contributed by atoms with Crippen molar-refractivity contribution in [1.29, 1.82) is 0 Å². The van der Waals surface area contributed by atoms with E-state index in [9.17, 15) is 0 Å². The molecule has 104 valence electrons. The number of nitrogens with one attached hydrogen (secondary N) is 1. The Labute approximate surface area is 112 Å². The minimum atomic E-state index is 0.447. The van der Waals surface area contributed by atoms with Gasteiger partial charge >= 0.3 is 0 Å². The van der Waals surface area contributed by atoms with Crippen LogP contribution in [0.25, 0.3) is 0 Å². The Kier molecular flexibility index (Phi) is 5.67. The summed E-state index contributed by atoms with van der Waals surface area (Å²) in [5.74, 6) is 0. The van der Waals surface area contributed by atoms with Crippen LogP contribution in [0.3, 0.4) is 0 Å². The van der Waals surface area contributed by atoms with E-state index in [2.05, 4.69) is 23.7 Å². The van der Waals surface area contributed by atoms with Gasteiger partial charge in [0.05, 0.1) is 6.10 Å². The van der Waals surface area contributed by atoms with Crippen molar-refractivity contribution in [2.24, 2.45) is 0 Å². The SMILES string of the molecule is C=C(CNC1CC1)CN1CCCC(OCCC)C1. The van der Waals surface area contributed by atoms with Crippen molar-refractivity contribution < 1.29 is 4.74 Å². The van der Waals surface area contributed by atoms with Crippen LogP contribution in [-0.4, -0.2) is 49.8 Å². The van der Waals surface area contributed by atoms with Crippen LogP contribution in [0.4, 0.5) is 0 Å². The quantitative estimate of drug-likeness (QED) is 0.670. The fourth-order valence-corrected chi connectivity index (χ4v) is 2.53. The molecule has 1 aliphatic carbocycles. The van der Waals surface area contributed by atoms with Gasteiger partial charge in [-0.05, 0) is 44.2 Å². The fraction of sp³-hybridized carbons (Fsp3) is 0.867. The van der Waals surface area contributed by atoms with E-state index in [-0.39, 0.29) is 0 Å². The molecule has 3 nitrogen and oxygen atoms in total. The smallest absolute Gasteiger partial charge is 0.0702 e. The van der Waals surface area contributed by atoms with Crippen molar-refractivity contribution in [3.63, 3.8) is 0 Å². The summed E-state index contributed by atoms with van der Waals surface area (Å²) in [6, 6.07) is 0.781. The highest BCUT2D eigenvalue weighted by Crippen LogP contribution is 2.19. The summed E-state index contributed by atoms with van der Waals surface area (Å²) in [5, 5.41) is 3.53. The molecule has 1 N–H and O–H groups in total. The average molecular weight is 252 g/mol. The van der Waals surface area contributed by atoms with Crippen LogP contribution >= 0.6 is 0 Å². The normalized spacial score (nSPS) is 25.3. The molecule has 0 bridgehead atoms. The molecule has 2 rings (SSSR count). The molecule has 0 radical (unpaired) electrons. The highest BCUT2D eigenvalue weighted by Gasteiger charge is 2.22. The van der Waals surface area contributed by atoms with Gasteiger partial charge in [0.2, 0.25) is 0 Å². The van der Waals surface area contributed by atoms with Crippen molar-refractivity contribution in [3.8, 4) is 0 Å². The third-order valence-electron chi connectivity index (χ3n) is 3.69. The van der Waals surface area contributed by atoms with Gasteiger partial charge in [0.25, 0.3) is 0 Å². The number of piperidine rings is 1. The Morgan fingerprint density at radius 1 is 1.39 bits per heavy atom. The van der Waals surface area contributed by atoms with Gasteiger partial charge in [-0.2, -0.15) is 0 Å². The van der Waals surface area contributed by atoms with E-state index >= 15 is 0 Å². The summed E-state index contributed by atoms with van der Waals surface area (Å²) in [7, 11) is 0. The molecule has 0 aromatic carbocycles. The van der Waals surface area contributed by atoms with E-state index in [1.54, 1.807) is 0 Å². The summed E-state index contributed by atoms with van der Waals surface area (Å²) in [5.41, 5.74) is 1.32. The molecular formula is C15H28N2O. The van der Waals surface area contributed by atoms with Crippen LogP contribution in [0.15, 0.2) is 12.2 Å². The van der Waals surface area contributed by atoms with Crippen LogP contribution in [0.5, 0.6) is 0 Å². The Morgan fingerprint density at radius 2 is 2.22 bits per heavy atom. The van der Waals surface area contributed by atoms with Gasteiger partial charge in [-0.15, -0.1) is 0 Å². The monoisotopic (exact) mass is 252 g/mol. The first-order valence-electron chi connectivity index (χ1n) is 7.52. The molecule has 0 aromatic heterocycles. The second-order valence-electron chi connectivity index (χ2n) is 5.78. The van der Waals surface area contributed by atoms with Gasteiger partial charge in [-0.25, -0.2) is 0 Å². The highest BCUT2D eigenvalue weighted by molar-refractivity contribution is 5.02. The molecule has 0 spiro atoms. The van der Waals surface area contributed by atoms with Crippen molar-refractivity contribution >= 4 is 0 Å². The average Bonchev–Trinajstić information content (AvgIpc) is 3.18. The minimum Gasteiger partial charge on any atom is -0.377 e. The van der Waals surface area contributed by atoms with E-state index in [1.165, 1.54) is 37.8 Å². The first-order chi connectivity index (χ1) is 8.78. The van der Waals surface area contributed by atoms with Gasteiger partial charge in [-0.3, -0.25) is 4.90 Å². The Balaban J connectivity index is 1.62. The standard InChI is InChI=1S/C15H28N2O/c1-3-9-18-15-5-4-8-17(12-15)11-13(2)10-16-14-6-7-14/h14-16H,2-12H2,1H3. The predicted octanol–water partition coefficient (Wildman–Crippen LogP) is 2.19. The lowest BCUT2D eigenvalue weighted by molar-refractivity contribution is 0.00237. The van der Waals surface area contributed by atoms with E-state index in [0.29, 0.717) is 6.10 Å². The Hall–Kier alpha value is -0.380. The third-order valence-corrected chi connectivity index (χ3v) is 3.69. The molecule has 1 unspecified atom stereocenters. The zero-order valence-corrected chi connectivity index (χ0v) is 11.8. The summed E-state index contributed by atoms with van der Waals surface area (Å²) < 4.78 is 5.87. The second-order valence-corrected chi connectivity index (χ2v) is 5.78. The fourth-order valence-electron chi connectivity index (χ4n) is 2.53. The maximum atomic E-state index is 5.87. The molecule has 1 atom stereocenters. The van der Waals surface area contributed by atoms with E-state index in [1.807, 2.05) is 0 Å². The maximum Gasteiger partial charge on any atom is 0.0702 e. The molecule has 3 heteroatoms. The molecule has 18 heavy (non-hydrogen) atoms. The van der Waals surface area contributed by atoms with Gasteiger partial charge in [0, 0.05) is 32.3 Å². The van der Waals surface area contributed by atoms with Gasteiger partial charge in [0.15, 0.2) is 0 Å². The molecule has 1 aliphatic heterocycles. The van der Waals surface area contributed by atoms with Crippen LogP contribution in [-0.2, 0) is 4.74 Å². The van der Waals surface area contributed by atoms with E-state index in [4.69, 9.17) is 4.74 Å². The number of likely N-dealkylation sites (tertiary alicyclic amines) is 1. The molecule has 1 saturated carbocycles. The zero-order chi connectivity index (χ0) is 12.8. The highest BCUT2D eigenvalue weighted by atomic mass is 16.5. The Bertz CT molecular complexity index is 263. The Morgan fingerprint density at radius 3 is 2.94 bits per heavy atom. The summed E-state index contributed by atoms with van der Waals surface area (Å²) in [6.07, 6.45) is 6.76. The van der Waals surface area contributed by atoms with Crippen molar-refractivity contribution in [2.75, 3.05) is 32.8 Å². The topological polar surface area (TPSA) is 24.5 Å². The first-order valence-corrected chi connectivity index (χ1v) is 7.52. The number of ether oxygens (including phenoxy) is 1. The predicted molar refractivity (Wildman–Crippen MR) is 75.9 cm³/mol. The number of nitrogens with zero attached hydrogens (tertiary/aromatic N) is 1. The molecule has 1 saturated heterocycles. The summed E-state index contributed by atoms with van der Waals surface area (Å²) in [6.45, 7) is 11.6. The number of rotatable bonds is 8. The lowest BCUT2D eigenvalue weighted by atomic mass is 10.1. The third kappa shape index (κ3) is 5.09. The molecule has 1 heterocycles. The van der Waals surface area contributed by atoms with Crippen LogP contribution < -0.4 is 5.32 Å². The van der Waals surface area contributed by atoms with E-state index < -0.39 is 0 Å². The van der Waals surface area contributed by atoms with Crippen LogP contribution in [0.2, 0.25) is 0 Å². The van der Waals surface area contributed by atoms with Gasteiger partial charge < -0.3 is 10.1 Å². The van der Waals surface area contributed by atoms with Gasteiger partial charge in [0.1, 0.15) is 0 Å². The van der Waals surface area contributed by atoms with Crippen molar-refractivity contribution in [1.82, 2.24) is 10.2 Å². The maximum absolute atomic E-state index is 5.87. The second kappa shape index (κ2) is 7.27. The first kappa shape index (κ1) is 14.0. The number of hydrogen-bond donors (Lipinski definition) is 1. The minimum absolute atomic E-state index is 0.447. The van der Waals surface area contributed by atoms with Crippen molar-refractivity contribution in [3.05, 3.63) is 12.2 Å². The molecule has 0 amide bonds. The lowest BCUT2D eigenvalue weighted by Crippen LogP contribution is -2.41. The summed E-state index contributed by atoms with van der Waals surface area (Å²) >= 11 is 0. The van der Waals surface area contributed by atoms with Gasteiger partial charge in [-0.1, -0.05) is 13.5 Å². The van der Waals surface area contributed by atoms with Crippen molar-refractivity contribution in [2.45, 2.75) is 51.2 Å². The number of hydrogen-bond acceptors (Lipinski definition) is 3.